The van der Waals surface area contributed by atoms with Gasteiger partial charge in [-0.2, -0.15) is 0 Å². The zero-order valence-corrected chi connectivity index (χ0v) is 40.9. The van der Waals surface area contributed by atoms with E-state index in [2.05, 4.69) is 37.4 Å². The predicted molar refractivity (Wildman–Crippen MR) is 264 cm³/mol. The van der Waals surface area contributed by atoms with Crippen LogP contribution in [0.3, 0.4) is 0 Å². The minimum absolute atomic E-state index is 0.0170. The minimum Gasteiger partial charge on any atom is -0.466 e. The maximum atomic E-state index is 12.4. The SMILES string of the molecule is CCCCCCCCCCCCCCCCCCCCCCC(O)C(CO)NC(=O)CC/C=C\C/C=C\CCCCCCCCOC(=O)CCCCCCCCCCCCC. The zero-order valence-electron chi connectivity index (χ0n) is 40.9. The number of nitrogens with one attached hydrogen (secondary N) is 1. The van der Waals surface area contributed by atoms with E-state index in [9.17, 15) is 19.8 Å². The number of hydrogen-bond donors (Lipinski definition) is 3. The normalized spacial score (nSPS) is 12.8. The highest BCUT2D eigenvalue weighted by atomic mass is 16.5. The first-order valence-corrected chi connectivity index (χ1v) is 27.1. The van der Waals surface area contributed by atoms with Crippen molar-refractivity contribution < 1.29 is 24.5 Å². The molecule has 61 heavy (non-hydrogen) atoms. The second-order valence-electron chi connectivity index (χ2n) is 18.6. The summed E-state index contributed by atoms with van der Waals surface area (Å²) in [5.41, 5.74) is 0. The molecule has 1 amide bonds. The molecular weight excluding hydrogens is 755 g/mol. The van der Waals surface area contributed by atoms with Crippen LogP contribution < -0.4 is 5.32 Å². The maximum Gasteiger partial charge on any atom is 0.305 e. The molecule has 360 valence electrons. The van der Waals surface area contributed by atoms with Gasteiger partial charge in [0.15, 0.2) is 0 Å². The van der Waals surface area contributed by atoms with Crippen LogP contribution in [0.25, 0.3) is 0 Å². The Balaban J connectivity index is 3.55. The van der Waals surface area contributed by atoms with Crippen LogP contribution >= 0.6 is 0 Å². The van der Waals surface area contributed by atoms with Crippen molar-refractivity contribution in [3.05, 3.63) is 24.3 Å². The Kier molecular flexibility index (Phi) is 49.6. The lowest BCUT2D eigenvalue weighted by Crippen LogP contribution is -2.45. The van der Waals surface area contributed by atoms with E-state index in [0.29, 0.717) is 32.3 Å². The van der Waals surface area contributed by atoms with Crippen molar-refractivity contribution >= 4 is 11.9 Å². The van der Waals surface area contributed by atoms with Gasteiger partial charge in [0.25, 0.3) is 0 Å². The third kappa shape index (κ3) is 47.7. The number of unbranched alkanes of at least 4 members (excludes halogenated alkanes) is 35. The number of aliphatic hydroxyl groups excluding tert-OH is 2. The van der Waals surface area contributed by atoms with Crippen LogP contribution in [-0.4, -0.2) is 47.4 Å². The van der Waals surface area contributed by atoms with Crippen molar-refractivity contribution in [2.45, 2.75) is 302 Å². The van der Waals surface area contributed by atoms with Crippen LogP contribution in [0.4, 0.5) is 0 Å². The number of amides is 1. The molecule has 0 fully saturated rings. The first-order chi connectivity index (χ1) is 30.0. The first-order valence-electron chi connectivity index (χ1n) is 27.1. The third-order valence-corrected chi connectivity index (χ3v) is 12.5. The van der Waals surface area contributed by atoms with E-state index >= 15 is 0 Å². The van der Waals surface area contributed by atoms with Gasteiger partial charge >= 0.3 is 5.97 Å². The summed E-state index contributed by atoms with van der Waals surface area (Å²) < 4.78 is 5.44. The summed E-state index contributed by atoms with van der Waals surface area (Å²) in [7, 11) is 0. The van der Waals surface area contributed by atoms with E-state index < -0.39 is 12.1 Å². The Morgan fingerprint density at radius 2 is 0.836 bits per heavy atom. The molecule has 0 aliphatic carbocycles. The van der Waals surface area contributed by atoms with Gasteiger partial charge in [0.05, 0.1) is 25.4 Å². The molecule has 0 aliphatic rings. The molecule has 0 rings (SSSR count). The van der Waals surface area contributed by atoms with E-state index in [0.717, 1.165) is 51.4 Å². The summed E-state index contributed by atoms with van der Waals surface area (Å²) >= 11 is 0. The molecule has 0 heterocycles. The molecule has 0 bridgehead atoms. The molecule has 3 N–H and O–H groups in total. The Morgan fingerprint density at radius 3 is 1.28 bits per heavy atom. The Hall–Kier alpha value is -1.66. The van der Waals surface area contributed by atoms with Gasteiger partial charge in [0, 0.05) is 12.8 Å². The van der Waals surface area contributed by atoms with Crippen molar-refractivity contribution in [3.8, 4) is 0 Å². The summed E-state index contributed by atoms with van der Waals surface area (Å²) in [6.45, 7) is 4.89. The van der Waals surface area contributed by atoms with Crippen molar-refractivity contribution in [3.63, 3.8) is 0 Å². The molecule has 2 atom stereocenters. The zero-order chi connectivity index (χ0) is 44.4. The van der Waals surface area contributed by atoms with Crippen LogP contribution in [0.1, 0.15) is 290 Å². The van der Waals surface area contributed by atoms with Gasteiger partial charge in [-0.25, -0.2) is 0 Å². The molecule has 0 saturated heterocycles. The molecule has 6 nitrogen and oxygen atoms in total. The highest BCUT2D eigenvalue weighted by Gasteiger charge is 2.19. The van der Waals surface area contributed by atoms with Crippen LogP contribution in [-0.2, 0) is 14.3 Å². The van der Waals surface area contributed by atoms with E-state index in [4.69, 9.17) is 4.74 Å². The molecule has 2 unspecified atom stereocenters. The largest absolute Gasteiger partial charge is 0.466 e. The number of carbonyl (C=O) groups is 2. The average molecular weight is 860 g/mol. The smallest absolute Gasteiger partial charge is 0.305 e. The van der Waals surface area contributed by atoms with Crippen LogP contribution in [0.15, 0.2) is 24.3 Å². The summed E-state index contributed by atoms with van der Waals surface area (Å²) in [6, 6.07) is -0.585. The van der Waals surface area contributed by atoms with Gasteiger partial charge in [-0.15, -0.1) is 0 Å². The monoisotopic (exact) mass is 860 g/mol. The van der Waals surface area contributed by atoms with E-state index in [-0.39, 0.29) is 18.5 Å². The molecule has 0 spiro atoms. The van der Waals surface area contributed by atoms with Gasteiger partial charge in [0.2, 0.25) is 5.91 Å². The van der Waals surface area contributed by atoms with Gasteiger partial charge in [-0.05, 0) is 44.9 Å². The fourth-order valence-electron chi connectivity index (χ4n) is 8.34. The molecule has 0 saturated carbocycles. The second-order valence-corrected chi connectivity index (χ2v) is 18.6. The fourth-order valence-corrected chi connectivity index (χ4v) is 8.34. The summed E-state index contributed by atoms with van der Waals surface area (Å²) in [4.78, 5) is 24.4. The Bertz CT molecular complexity index is 951. The van der Waals surface area contributed by atoms with E-state index in [1.54, 1.807) is 0 Å². The number of hydrogen-bond acceptors (Lipinski definition) is 5. The van der Waals surface area contributed by atoms with E-state index in [1.807, 2.05) is 6.08 Å². The first kappa shape index (κ1) is 59.3. The van der Waals surface area contributed by atoms with Crippen LogP contribution in [0, 0.1) is 0 Å². The number of rotatable bonds is 50. The third-order valence-electron chi connectivity index (χ3n) is 12.5. The van der Waals surface area contributed by atoms with Crippen molar-refractivity contribution in [2.24, 2.45) is 0 Å². The van der Waals surface area contributed by atoms with Gasteiger partial charge in [-0.3, -0.25) is 9.59 Å². The van der Waals surface area contributed by atoms with Crippen LogP contribution in [0.5, 0.6) is 0 Å². The number of esters is 1. The van der Waals surface area contributed by atoms with Gasteiger partial charge in [0.1, 0.15) is 0 Å². The molecular formula is C55H105NO5. The molecule has 0 aromatic heterocycles. The standard InChI is InChI=1S/C55H105NO5/c1-3-5-7-9-11-13-15-16-17-18-19-20-21-22-24-28-31-35-39-43-47-53(58)52(51-57)56-54(59)48-44-40-36-32-29-25-23-26-30-34-38-42-46-50-61-55(60)49-45-41-37-33-27-14-12-10-8-6-4-2/h25,29,36,40,52-53,57-58H,3-24,26-28,30-35,37-39,41-51H2,1-2H3,(H,56,59)/b29-25-,40-36-. The number of ether oxygens (including phenoxy) is 1. The Labute approximate surface area is 380 Å². The van der Waals surface area contributed by atoms with Crippen LogP contribution in [0.2, 0.25) is 0 Å². The quantitative estimate of drug-likeness (QED) is 0.0322. The average Bonchev–Trinajstić information content (AvgIpc) is 3.26. The summed E-state index contributed by atoms with van der Waals surface area (Å²) in [5.74, 6) is -0.130. The Morgan fingerprint density at radius 1 is 0.459 bits per heavy atom. The molecule has 0 aromatic carbocycles. The molecule has 0 aromatic rings. The summed E-state index contributed by atoms with van der Waals surface area (Å²) in [6.07, 6.45) is 60.3. The minimum atomic E-state index is -0.699. The maximum absolute atomic E-state index is 12.4. The molecule has 0 aliphatic heterocycles. The molecule has 6 heteroatoms. The van der Waals surface area contributed by atoms with Crippen molar-refractivity contribution in [2.75, 3.05) is 13.2 Å². The van der Waals surface area contributed by atoms with E-state index in [1.165, 1.54) is 199 Å². The van der Waals surface area contributed by atoms with Crippen molar-refractivity contribution in [1.29, 1.82) is 0 Å². The lowest BCUT2D eigenvalue weighted by atomic mass is 10.0. The van der Waals surface area contributed by atoms with Crippen molar-refractivity contribution in [1.82, 2.24) is 5.32 Å². The lowest BCUT2D eigenvalue weighted by Gasteiger charge is -2.22. The number of aliphatic hydroxyl groups is 2. The molecule has 0 radical (unpaired) electrons. The second kappa shape index (κ2) is 51.0. The summed E-state index contributed by atoms with van der Waals surface area (Å²) in [5, 5.41) is 23.2. The predicted octanol–water partition coefficient (Wildman–Crippen LogP) is 16.3. The highest BCUT2D eigenvalue weighted by molar-refractivity contribution is 5.76. The number of allylic oxidation sites excluding steroid dienone is 4. The highest BCUT2D eigenvalue weighted by Crippen LogP contribution is 2.17. The van der Waals surface area contributed by atoms with Gasteiger partial charge in [-0.1, -0.05) is 256 Å². The lowest BCUT2D eigenvalue weighted by molar-refractivity contribution is -0.143. The van der Waals surface area contributed by atoms with Gasteiger partial charge < -0.3 is 20.3 Å². The topological polar surface area (TPSA) is 95.9 Å². The fraction of sp³-hybridized carbons (Fsp3) is 0.891. The number of carbonyl (C=O) groups excluding carboxylic acids is 2.